The van der Waals surface area contributed by atoms with Gasteiger partial charge in [-0.2, -0.15) is 0 Å². The number of ether oxygens (including phenoxy) is 2. The molecule has 0 amide bonds. The summed E-state index contributed by atoms with van der Waals surface area (Å²) in [6.07, 6.45) is 0.0957. The zero-order valence-electron chi connectivity index (χ0n) is 12.8. The molecule has 1 fully saturated rings. The fourth-order valence-electron chi connectivity index (χ4n) is 2.91. The first-order chi connectivity index (χ1) is 10.0. The van der Waals surface area contributed by atoms with Gasteiger partial charge in [0.15, 0.2) is 0 Å². The fourth-order valence-corrected chi connectivity index (χ4v) is 2.91. The van der Waals surface area contributed by atoms with Crippen molar-refractivity contribution in [2.45, 2.75) is 32.4 Å². The summed E-state index contributed by atoms with van der Waals surface area (Å²) in [5.41, 5.74) is 2.26. The molecule has 1 saturated heterocycles. The normalized spacial score (nSPS) is 21.0. The second-order valence-corrected chi connectivity index (χ2v) is 5.49. The summed E-state index contributed by atoms with van der Waals surface area (Å²) >= 11 is 0. The van der Waals surface area contributed by atoms with Gasteiger partial charge in [0.25, 0.3) is 0 Å². The van der Waals surface area contributed by atoms with E-state index in [-0.39, 0.29) is 18.5 Å². The summed E-state index contributed by atoms with van der Waals surface area (Å²) in [5.74, 6) is 0.0487. The zero-order chi connectivity index (χ0) is 15.4. The van der Waals surface area contributed by atoms with E-state index in [0.29, 0.717) is 13.2 Å². The Bertz CT molecular complexity index is 503. The highest BCUT2D eigenvalue weighted by Gasteiger charge is 2.30. The number of aryl methyl sites for hydroxylation is 1. The topological polar surface area (TPSA) is 59.0 Å². The Labute approximate surface area is 125 Å². The molecule has 5 nitrogen and oxygen atoms in total. The van der Waals surface area contributed by atoms with Gasteiger partial charge >= 0.3 is 5.97 Å². The van der Waals surface area contributed by atoms with Crippen LogP contribution in [0.15, 0.2) is 18.2 Å². The van der Waals surface area contributed by atoms with Gasteiger partial charge in [-0.05, 0) is 19.9 Å². The second kappa shape index (κ2) is 6.91. The molecular formula is C16H23NO4. The maximum Gasteiger partial charge on any atom is 0.305 e. The molecule has 116 valence electrons. The molecule has 1 aromatic rings. The van der Waals surface area contributed by atoms with Gasteiger partial charge in [0.2, 0.25) is 0 Å². The summed E-state index contributed by atoms with van der Waals surface area (Å²) in [7, 11) is 1.66. The Kier molecular flexibility index (Phi) is 5.20. The van der Waals surface area contributed by atoms with Gasteiger partial charge in [0.05, 0.1) is 26.7 Å². The smallest absolute Gasteiger partial charge is 0.305 e. The average molecular weight is 293 g/mol. The van der Waals surface area contributed by atoms with Crippen LogP contribution in [0.2, 0.25) is 0 Å². The molecule has 1 heterocycles. The summed E-state index contributed by atoms with van der Waals surface area (Å²) in [6.45, 7) is 5.97. The predicted octanol–water partition coefficient (Wildman–Crippen LogP) is 2.24. The Morgan fingerprint density at radius 3 is 3.00 bits per heavy atom. The number of morpholine rings is 1. The molecule has 0 saturated carbocycles. The lowest BCUT2D eigenvalue weighted by atomic mass is 10.00. The molecule has 0 aromatic heterocycles. The molecule has 5 heteroatoms. The zero-order valence-corrected chi connectivity index (χ0v) is 12.8. The molecule has 0 bridgehead atoms. The van der Waals surface area contributed by atoms with Gasteiger partial charge in [-0.25, -0.2) is 0 Å². The van der Waals surface area contributed by atoms with E-state index in [2.05, 4.69) is 17.9 Å². The fraction of sp³-hybridized carbons (Fsp3) is 0.562. The van der Waals surface area contributed by atoms with Crippen molar-refractivity contribution in [2.75, 3.05) is 26.9 Å². The van der Waals surface area contributed by atoms with Gasteiger partial charge in [-0.3, -0.25) is 9.69 Å². The highest BCUT2D eigenvalue weighted by molar-refractivity contribution is 5.67. The third-order valence-electron chi connectivity index (χ3n) is 4.02. The molecule has 1 aliphatic heterocycles. The van der Waals surface area contributed by atoms with E-state index in [0.717, 1.165) is 17.9 Å². The van der Waals surface area contributed by atoms with E-state index in [4.69, 9.17) is 14.6 Å². The third-order valence-corrected chi connectivity index (χ3v) is 4.02. The lowest BCUT2D eigenvalue weighted by Gasteiger charge is -2.39. The van der Waals surface area contributed by atoms with Crippen molar-refractivity contribution >= 4 is 5.97 Å². The first-order valence-electron chi connectivity index (χ1n) is 7.22. The van der Waals surface area contributed by atoms with Gasteiger partial charge in [0, 0.05) is 24.2 Å². The lowest BCUT2D eigenvalue weighted by Crippen LogP contribution is -2.47. The number of carboxylic acids is 1. The Morgan fingerprint density at radius 2 is 2.33 bits per heavy atom. The molecule has 1 aromatic carbocycles. The summed E-state index contributed by atoms with van der Waals surface area (Å²) in [5, 5.41) is 9.07. The molecule has 1 aliphatic rings. The van der Waals surface area contributed by atoms with Crippen LogP contribution < -0.4 is 4.74 Å². The van der Waals surface area contributed by atoms with Crippen molar-refractivity contribution < 1.29 is 19.4 Å². The van der Waals surface area contributed by atoms with Crippen molar-refractivity contribution in [3.63, 3.8) is 0 Å². The number of hydrogen-bond donors (Lipinski definition) is 1. The minimum absolute atomic E-state index is 0.0908. The molecule has 0 radical (unpaired) electrons. The molecule has 21 heavy (non-hydrogen) atoms. The number of methoxy groups -OCH3 is 1. The molecule has 1 N–H and O–H groups in total. The number of nitrogens with zero attached hydrogens (tertiary/aromatic N) is 1. The minimum atomic E-state index is -0.793. The lowest BCUT2D eigenvalue weighted by molar-refractivity contribution is -0.140. The molecule has 2 rings (SSSR count). The van der Waals surface area contributed by atoms with Crippen LogP contribution >= 0.6 is 0 Å². The first-order valence-corrected chi connectivity index (χ1v) is 7.22. The average Bonchev–Trinajstić information content (AvgIpc) is 2.46. The van der Waals surface area contributed by atoms with E-state index < -0.39 is 5.97 Å². The van der Waals surface area contributed by atoms with Crippen LogP contribution in [-0.2, 0) is 9.53 Å². The van der Waals surface area contributed by atoms with Crippen molar-refractivity contribution in [2.24, 2.45) is 0 Å². The van der Waals surface area contributed by atoms with Gasteiger partial charge in [0.1, 0.15) is 5.75 Å². The van der Waals surface area contributed by atoms with Crippen LogP contribution in [0.4, 0.5) is 0 Å². The van der Waals surface area contributed by atoms with Crippen molar-refractivity contribution in [1.82, 2.24) is 4.90 Å². The quantitative estimate of drug-likeness (QED) is 0.902. The number of aliphatic carboxylic acids is 1. The van der Waals surface area contributed by atoms with E-state index in [9.17, 15) is 4.79 Å². The Balaban J connectivity index is 2.25. The molecule has 2 atom stereocenters. The Morgan fingerprint density at radius 1 is 1.57 bits per heavy atom. The van der Waals surface area contributed by atoms with Crippen LogP contribution in [0.5, 0.6) is 5.75 Å². The second-order valence-electron chi connectivity index (χ2n) is 5.49. The van der Waals surface area contributed by atoms with Gasteiger partial charge in [-0.15, -0.1) is 0 Å². The minimum Gasteiger partial charge on any atom is -0.496 e. The number of carbonyl (C=O) groups is 1. The third kappa shape index (κ3) is 3.74. The van der Waals surface area contributed by atoms with Gasteiger partial charge in [-0.1, -0.05) is 17.7 Å². The van der Waals surface area contributed by atoms with E-state index in [1.165, 1.54) is 5.56 Å². The van der Waals surface area contributed by atoms with Crippen LogP contribution in [0.3, 0.4) is 0 Å². The molecule has 2 unspecified atom stereocenters. The van der Waals surface area contributed by atoms with Crippen LogP contribution in [0.1, 0.15) is 30.5 Å². The van der Waals surface area contributed by atoms with Crippen LogP contribution in [0, 0.1) is 6.92 Å². The van der Waals surface area contributed by atoms with Crippen LogP contribution in [-0.4, -0.2) is 48.9 Å². The first kappa shape index (κ1) is 15.8. The number of rotatable bonds is 5. The maximum atomic E-state index is 11.0. The summed E-state index contributed by atoms with van der Waals surface area (Å²) in [6, 6.07) is 6.08. The highest BCUT2D eigenvalue weighted by atomic mass is 16.5. The van der Waals surface area contributed by atoms with Crippen molar-refractivity contribution in [1.29, 1.82) is 0 Å². The number of hydrogen-bond acceptors (Lipinski definition) is 4. The van der Waals surface area contributed by atoms with Gasteiger partial charge < -0.3 is 14.6 Å². The van der Waals surface area contributed by atoms with E-state index >= 15 is 0 Å². The maximum absolute atomic E-state index is 11.0. The largest absolute Gasteiger partial charge is 0.496 e. The molecule has 0 spiro atoms. The summed E-state index contributed by atoms with van der Waals surface area (Å²) in [4.78, 5) is 13.2. The number of benzene rings is 1. The molecule has 0 aliphatic carbocycles. The van der Waals surface area contributed by atoms with Crippen molar-refractivity contribution in [3.8, 4) is 5.75 Å². The standard InChI is InChI=1S/C16H23NO4/c1-11-4-5-15(20-3)14(8-11)12(2)17-6-7-21-10-13(17)9-16(18)19/h4-5,8,12-13H,6-7,9-10H2,1-3H3,(H,18,19). The SMILES string of the molecule is COc1ccc(C)cc1C(C)N1CCOCC1CC(=O)O. The monoisotopic (exact) mass is 293 g/mol. The summed E-state index contributed by atoms with van der Waals surface area (Å²) < 4.78 is 10.9. The van der Waals surface area contributed by atoms with E-state index in [1.807, 2.05) is 19.1 Å². The van der Waals surface area contributed by atoms with Crippen LogP contribution in [0.25, 0.3) is 0 Å². The number of carboxylic acid groups (broad SMARTS) is 1. The Hall–Kier alpha value is -1.59. The van der Waals surface area contributed by atoms with E-state index in [1.54, 1.807) is 7.11 Å². The van der Waals surface area contributed by atoms with Crippen molar-refractivity contribution in [3.05, 3.63) is 29.3 Å². The highest BCUT2D eigenvalue weighted by Crippen LogP contribution is 2.32. The predicted molar refractivity (Wildman–Crippen MR) is 79.7 cm³/mol. The molecular weight excluding hydrogens is 270 g/mol.